The Hall–Kier alpha value is -2.10. The molecule has 0 saturated carbocycles. The van der Waals surface area contributed by atoms with Crippen molar-refractivity contribution in [2.45, 2.75) is 0 Å². The highest BCUT2D eigenvalue weighted by Gasteiger charge is 2.06. The first-order valence-corrected chi connectivity index (χ1v) is 4.23. The van der Waals surface area contributed by atoms with Gasteiger partial charge < -0.3 is 9.84 Å². The van der Waals surface area contributed by atoms with Crippen molar-refractivity contribution in [2.75, 3.05) is 7.11 Å². The number of carboxylic acid groups (broad SMARTS) is 1. The lowest BCUT2D eigenvalue weighted by Crippen LogP contribution is -1.99. The highest BCUT2D eigenvalue weighted by atomic mass is 16.5. The van der Waals surface area contributed by atoms with Crippen LogP contribution in [0, 0.1) is 0 Å². The quantitative estimate of drug-likeness (QED) is 0.602. The zero-order valence-electron chi connectivity index (χ0n) is 8.14. The average molecular weight is 206 g/mol. The van der Waals surface area contributed by atoms with Crippen LogP contribution in [0.25, 0.3) is 6.08 Å². The molecule has 4 nitrogen and oxygen atoms in total. The van der Waals surface area contributed by atoms with E-state index in [4.69, 9.17) is 5.11 Å². The van der Waals surface area contributed by atoms with Gasteiger partial charge in [0.25, 0.3) is 0 Å². The molecule has 0 aliphatic carbocycles. The molecule has 0 amide bonds. The molecule has 15 heavy (non-hydrogen) atoms. The van der Waals surface area contributed by atoms with Crippen LogP contribution in [0.3, 0.4) is 0 Å². The van der Waals surface area contributed by atoms with Crippen LogP contribution in [0.15, 0.2) is 30.3 Å². The Kier molecular flexibility index (Phi) is 3.62. The highest BCUT2D eigenvalue weighted by molar-refractivity contribution is 5.94. The summed E-state index contributed by atoms with van der Waals surface area (Å²) in [6, 6.07) is 6.41. The zero-order chi connectivity index (χ0) is 11.3. The highest BCUT2D eigenvalue weighted by Crippen LogP contribution is 2.10. The molecule has 0 atom stereocenters. The summed E-state index contributed by atoms with van der Waals surface area (Å²) in [6.45, 7) is 0. The normalized spacial score (nSPS) is 10.2. The van der Waals surface area contributed by atoms with Crippen molar-refractivity contribution in [3.8, 4) is 0 Å². The number of hydrogen-bond acceptors (Lipinski definition) is 3. The number of methoxy groups -OCH3 is 1. The van der Waals surface area contributed by atoms with Crippen molar-refractivity contribution in [1.29, 1.82) is 0 Å². The lowest BCUT2D eigenvalue weighted by Gasteiger charge is -1.99. The predicted octanol–water partition coefficient (Wildman–Crippen LogP) is 1.57. The third-order valence-corrected chi connectivity index (χ3v) is 1.79. The van der Waals surface area contributed by atoms with E-state index in [1.807, 2.05) is 0 Å². The number of carbonyl (C=O) groups is 2. The summed E-state index contributed by atoms with van der Waals surface area (Å²) >= 11 is 0. The van der Waals surface area contributed by atoms with E-state index in [-0.39, 0.29) is 5.56 Å². The maximum atomic E-state index is 10.8. The van der Waals surface area contributed by atoms with Gasteiger partial charge in [-0.2, -0.15) is 0 Å². The van der Waals surface area contributed by atoms with Gasteiger partial charge in [-0.15, -0.1) is 0 Å². The molecule has 1 rings (SSSR count). The molecular weight excluding hydrogens is 196 g/mol. The minimum absolute atomic E-state index is 0.151. The molecule has 0 radical (unpaired) electrons. The van der Waals surface area contributed by atoms with Gasteiger partial charge in [-0.3, -0.25) is 0 Å². The number of hydrogen-bond donors (Lipinski definition) is 1. The van der Waals surface area contributed by atoms with E-state index in [2.05, 4.69) is 4.74 Å². The number of esters is 1. The summed E-state index contributed by atoms with van der Waals surface area (Å²) in [5.41, 5.74) is 0.619. The largest absolute Gasteiger partial charge is 0.478 e. The van der Waals surface area contributed by atoms with Crippen molar-refractivity contribution in [3.63, 3.8) is 0 Å². The Balaban J connectivity index is 2.99. The summed E-state index contributed by atoms with van der Waals surface area (Å²) in [7, 11) is 1.26. The Bertz CT molecular complexity index is 407. The van der Waals surface area contributed by atoms with E-state index < -0.39 is 11.9 Å². The molecule has 0 unspecified atom stereocenters. The molecule has 0 aromatic heterocycles. The number of benzene rings is 1. The van der Waals surface area contributed by atoms with E-state index in [0.717, 1.165) is 0 Å². The third-order valence-electron chi connectivity index (χ3n) is 1.79. The van der Waals surface area contributed by atoms with Gasteiger partial charge >= 0.3 is 11.9 Å². The zero-order valence-corrected chi connectivity index (χ0v) is 8.14. The van der Waals surface area contributed by atoms with Crippen LogP contribution in [0.4, 0.5) is 0 Å². The Morgan fingerprint density at radius 2 is 2.00 bits per heavy atom. The van der Waals surface area contributed by atoms with Crippen LogP contribution >= 0.6 is 0 Å². The van der Waals surface area contributed by atoms with Crippen molar-refractivity contribution in [2.24, 2.45) is 0 Å². The summed E-state index contributed by atoms with van der Waals surface area (Å²) in [5.74, 6) is -1.55. The van der Waals surface area contributed by atoms with Gasteiger partial charge in [0.15, 0.2) is 0 Å². The first-order valence-electron chi connectivity index (χ1n) is 4.23. The number of rotatable bonds is 3. The Morgan fingerprint density at radius 1 is 1.33 bits per heavy atom. The maximum absolute atomic E-state index is 10.8. The molecule has 1 N–H and O–H groups in total. The minimum Gasteiger partial charge on any atom is -0.478 e. The predicted molar refractivity (Wildman–Crippen MR) is 54.5 cm³/mol. The molecule has 0 fully saturated rings. The summed E-state index contributed by atoms with van der Waals surface area (Å²) < 4.78 is 4.40. The second-order valence-corrected chi connectivity index (χ2v) is 2.75. The lowest BCUT2D eigenvalue weighted by molar-refractivity contribution is -0.134. The standard InChI is InChI=1S/C11H10O4/c1-15-10(12)7-6-8-4-2-3-5-9(8)11(13)14/h2-7H,1H3,(H,13,14). The number of carboxylic acids is 1. The van der Waals surface area contributed by atoms with E-state index in [0.29, 0.717) is 5.56 Å². The topological polar surface area (TPSA) is 63.6 Å². The monoisotopic (exact) mass is 206 g/mol. The van der Waals surface area contributed by atoms with E-state index in [1.165, 1.54) is 25.3 Å². The number of aromatic carboxylic acids is 1. The van der Waals surface area contributed by atoms with Crippen molar-refractivity contribution in [3.05, 3.63) is 41.5 Å². The fourth-order valence-corrected chi connectivity index (χ4v) is 1.06. The second-order valence-electron chi connectivity index (χ2n) is 2.75. The van der Waals surface area contributed by atoms with Gasteiger partial charge in [-0.1, -0.05) is 18.2 Å². The van der Waals surface area contributed by atoms with Gasteiger partial charge in [-0.25, -0.2) is 9.59 Å². The second kappa shape index (κ2) is 4.95. The van der Waals surface area contributed by atoms with Crippen LogP contribution in [-0.4, -0.2) is 24.2 Å². The summed E-state index contributed by atoms with van der Waals surface area (Å²) in [4.78, 5) is 21.6. The summed E-state index contributed by atoms with van der Waals surface area (Å²) in [6.07, 6.45) is 2.59. The third kappa shape index (κ3) is 2.95. The van der Waals surface area contributed by atoms with Crippen LogP contribution in [0.5, 0.6) is 0 Å². The Labute approximate surface area is 86.8 Å². The molecule has 0 heterocycles. The lowest BCUT2D eigenvalue weighted by atomic mass is 10.1. The smallest absolute Gasteiger partial charge is 0.336 e. The van der Waals surface area contributed by atoms with E-state index in [1.54, 1.807) is 18.2 Å². The Morgan fingerprint density at radius 3 is 2.60 bits per heavy atom. The number of carbonyl (C=O) groups excluding carboxylic acids is 1. The van der Waals surface area contributed by atoms with Gasteiger partial charge in [0.2, 0.25) is 0 Å². The molecule has 78 valence electrons. The molecule has 4 heteroatoms. The molecule has 0 aliphatic rings. The first kappa shape index (κ1) is 11.0. The van der Waals surface area contributed by atoms with Crippen LogP contribution in [0.1, 0.15) is 15.9 Å². The molecule has 0 spiro atoms. The van der Waals surface area contributed by atoms with Crippen molar-refractivity contribution < 1.29 is 19.4 Å². The molecule has 0 bridgehead atoms. The van der Waals surface area contributed by atoms with Crippen molar-refractivity contribution >= 4 is 18.0 Å². The first-order chi connectivity index (χ1) is 7.15. The fraction of sp³-hybridized carbons (Fsp3) is 0.0909. The van der Waals surface area contributed by atoms with Gasteiger partial charge in [-0.05, 0) is 17.7 Å². The molecule has 1 aromatic carbocycles. The van der Waals surface area contributed by atoms with Crippen LogP contribution in [-0.2, 0) is 9.53 Å². The van der Waals surface area contributed by atoms with E-state index >= 15 is 0 Å². The average Bonchev–Trinajstić information content (AvgIpc) is 2.26. The number of ether oxygens (including phenoxy) is 1. The molecule has 1 aromatic rings. The molecule has 0 aliphatic heterocycles. The van der Waals surface area contributed by atoms with Gasteiger partial charge in [0.05, 0.1) is 12.7 Å². The minimum atomic E-state index is -1.03. The van der Waals surface area contributed by atoms with Gasteiger partial charge in [0.1, 0.15) is 0 Å². The fourth-order valence-electron chi connectivity index (χ4n) is 1.06. The summed E-state index contributed by atoms with van der Waals surface area (Å²) in [5, 5.41) is 8.84. The van der Waals surface area contributed by atoms with Crippen molar-refractivity contribution in [1.82, 2.24) is 0 Å². The van der Waals surface area contributed by atoms with E-state index in [9.17, 15) is 9.59 Å². The van der Waals surface area contributed by atoms with Crippen LogP contribution in [0.2, 0.25) is 0 Å². The molecule has 0 saturated heterocycles. The molecular formula is C11H10O4. The maximum Gasteiger partial charge on any atom is 0.336 e. The van der Waals surface area contributed by atoms with Gasteiger partial charge in [0, 0.05) is 6.08 Å². The SMILES string of the molecule is COC(=O)C=Cc1ccccc1C(=O)O. The van der Waals surface area contributed by atoms with Crippen LogP contribution < -0.4 is 0 Å².